The smallest absolute Gasteiger partial charge is 0.405 e. The number of allylic oxidation sites excluding steroid dienone is 1. The fourth-order valence-electron chi connectivity index (χ4n) is 7.39. The van der Waals surface area contributed by atoms with E-state index in [-0.39, 0.29) is 31.2 Å². The summed E-state index contributed by atoms with van der Waals surface area (Å²) in [6.45, 7) is 5.33. The van der Waals surface area contributed by atoms with Crippen LogP contribution in [0.3, 0.4) is 0 Å². The number of carbonyl (C=O) groups is 4. The molecule has 3 fully saturated rings. The molecule has 52 heavy (non-hydrogen) atoms. The maximum absolute atomic E-state index is 14.4. The fourth-order valence-corrected chi connectivity index (χ4v) is 8.70. The third-order valence-corrected chi connectivity index (χ3v) is 13.1. The molecule has 1 aromatic heterocycles. The van der Waals surface area contributed by atoms with Gasteiger partial charge in [0.25, 0.3) is 5.91 Å². The van der Waals surface area contributed by atoms with E-state index in [2.05, 4.69) is 20.3 Å². The number of nitrogens with zero attached hydrogens (tertiary/aromatic N) is 2. The number of methoxy groups -OCH3 is 2. The average Bonchev–Trinajstić information content (AvgIpc) is 3.98. The number of carboxylic acid groups (broad SMARTS) is 1. The van der Waals surface area contributed by atoms with Crippen LogP contribution < -0.4 is 29.6 Å². The van der Waals surface area contributed by atoms with Crippen molar-refractivity contribution in [1.29, 1.82) is 0 Å². The molecule has 16 heteroatoms. The lowest BCUT2D eigenvalue weighted by Gasteiger charge is -2.32. The van der Waals surface area contributed by atoms with Gasteiger partial charge in [0.05, 0.1) is 31.0 Å². The van der Waals surface area contributed by atoms with Crippen LogP contribution in [0.25, 0.3) is 10.9 Å². The normalized spacial score (nSPS) is 30.1. The molecule has 0 bridgehead atoms. The highest BCUT2D eigenvalue weighted by atomic mass is 32.2. The number of sulfonamides is 1. The molecule has 3 heterocycles. The molecule has 4 N–H and O–H groups in total. The zero-order valence-electron chi connectivity index (χ0n) is 30.0. The Hall–Kier alpha value is -4.60. The van der Waals surface area contributed by atoms with Crippen molar-refractivity contribution in [2.45, 2.75) is 94.2 Å². The molecular weight excluding hydrogens is 694 g/mol. The number of fused-ring (bicyclic) bond motifs is 3. The number of carbonyl (C=O) groups excluding carboxylic acids is 3. The van der Waals surface area contributed by atoms with Crippen LogP contribution in [-0.2, 0) is 24.4 Å². The predicted molar refractivity (Wildman–Crippen MR) is 189 cm³/mol. The first-order chi connectivity index (χ1) is 24.6. The van der Waals surface area contributed by atoms with Crippen LogP contribution >= 0.6 is 0 Å². The fraction of sp³-hybridized carbons (Fsp3) is 0.583. The number of nitrogens with one attached hydrogen (secondary N) is 3. The van der Waals surface area contributed by atoms with Crippen molar-refractivity contribution in [3.63, 3.8) is 0 Å². The Morgan fingerprint density at radius 3 is 2.52 bits per heavy atom. The number of aromatic nitrogens is 1. The Morgan fingerprint density at radius 2 is 1.85 bits per heavy atom. The molecule has 2 aliphatic carbocycles. The van der Waals surface area contributed by atoms with Crippen molar-refractivity contribution < 1.29 is 46.9 Å². The molecule has 0 spiro atoms. The van der Waals surface area contributed by atoms with Crippen LogP contribution in [0.5, 0.6) is 17.4 Å². The summed E-state index contributed by atoms with van der Waals surface area (Å²) in [5, 5.41) is 15.6. The second kappa shape index (κ2) is 14.1. The van der Waals surface area contributed by atoms with Gasteiger partial charge < -0.3 is 34.9 Å². The number of amides is 4. The minimum Gasteiger partial charge on any atom is -0.497 e. The van der Waals surface area contributed by atoms with Gasteiger partial charge in [0, 0.05) is 29.9 Å². The summed E-state index contributed by atoms with van der Waals surface area (Å²) in [6.07, 6.45) is 4.59. The van der Waals surface area contributed by atoms with E-state index in [1.807, 2.05) is 19.1 Å². The van der Waals surface area contributed by atoms with Crippen molar-refractivity contribution in [2.24, 2.45) is 17.8 Å². The number of hydrogen-bond donors (Lipinski definition) is 4. The zero-order valence-corrected chi connectivity index (χ0v) is 30.8. The van der Waals surface area contributed by atoms with E-state index >= 15 is 0 Å². The molecule has 4 amide bonds. The van der Waals surface area contributed by atoms with E-state index in [1.165, 1.54) is 19.1 Å². The third-order valence-electron chi connectivity index (χ3n) is 11.0. The second-order valence-electron chi connectivity index (χ2n) is 14.9. The number of pyridine rings is 1. The van der Waals surface area contributed by atoms with Gasteiger partial charge in [-0.05, 0) is 69.4 Å². The molecular formula is C36H47N5O10S. The summed E-state index contributed by atoms with van der Waals surface area (Å²) in [4.78, 5) is 60.4. The topological polar surface area (TPSA) is 203 Å². The molecule has 1 aromatic carbocycles. The zero-order chi connectivity index (χ0) is 37.6. The van der Waals surface area contributed by atoms with Crippen LogP contribution in [0.2, 0.25) is 0 Å². The Bertz CT molecular complexity index is 1890. The van der Waals surface area contributed by atoms with Gasteiger partial charge in [0.1, 0.15) is 35.2 Å². The highest BCUT2D eigenvalue weighted by molar-refractivity contribution is 7.91. The van der Waals surface area contributed by atoms with Crippen molar-refractivity contribution in [3.05, 3.63) is 36.4 Å². The van der Waals surface area contributed by atoms with Gasteiger partial charge in [-0.25, -0.2) is 18.2 Å². The Balaban J connectivity index is 1.35. The van der Waals surface area contributed by atoms with Crippen molar-refractivity contribution in [1.82, 2.24) is 25.2 Å². The lowest BCUT2D eigenvalue weighted by Crippen LogP contribution is -2.59. The van der Waals surface area contributed by atoms with E-state index in [4.69, 9.17) is 14.2 Å². The number of benzene rings is 1. The molecule has 2 aromatic rings. The summed E-state index contributed by atoms with van der Waals surface area (Å²) in [5.41, 5.74) is -1.02. The standard InChI is InChI=1S/C36H47N5O10S/c1-20-8-6-7-9-22-18-36(22,33(44)40-52(47,48)35(3)12-13-35)39-31(42)27-16-24(19-41(27)32(43)30(21(2)14-20)38-34(45)46)51-28-17-29(50-5)37-26-15-23(49-4)10-11-25(26)28/h7,9-11,15,17,20-22,24,27,30,38H,6,8,12-14,16,18-19H2,1-5H3,(H,39,42)(H,40,44)(H,45,46)/t20-,21-,22-,24-,27+,30+,36-/m1/s1. The van der Waals surface area contributed by atoms with E-state index in [9.17, 15) is 32.7 Å². The monoisotopic (exact) mass is 741 g/mol. The maximum Gasteiger partial charge on any atom is 0.405 e. The SMILES string of the molecule is COc1ccc2c(O[C@@H]3C[C@H]4C(=O)N[C@]5(C(=O)NS(=O)(=O)C6(C)CC6)C[C@H]5C=CCC[C@@H](C)C[C@@H](C)[C@H](NC(=O)O)C(=O)N4C3)cc(OC)nc2c1. The number of ether oxygens (including phenoxy) is 3. The van der Waals surface area contributed by atoms with Gasteiger partial charge in [-0.15, -0.1) is 0 Å². The van der Waals surface area contributed by atoms with Gasteiger partial charge in [0.2, 0.25) is 27.7 Å². The van der Waals surface area contributed by atoms with Crippen LogP contribution in [0.15, 0.2) is 36.4 Å². The minimum absolute atomic E-state index is 0.000983. The summed E-state index contributed by atoms with van der Waals surface area (Å²) in [7, 11) is -1.00. The lowest BCUT2D eigenvalue weighted by atomic mass is 9.88. The van der Waals surface area contributed by atoms with Crippen molar-refractivity contribution >= 4 is 44.7 Å². The summed E-state index contributed by atoms with van der Waals surface area (Å²) < 4.78 is 44.7. The first-order valence-corrected chi connectivity index (χ1v) is 19.1. The molecule has 0 unspecified atom stereocenters. The first-order valence-electron chi connectivity index (χ1n) is 17.6. The maximum atomic E-state index is 14.4. The van der Waals surface area contributed by atoms with E-state index in [1.54, 1.807) is 38.1 Å². The molecule has 7 atom stereocenters. The van der Waals surface area contributed by atoms with E-state index in [0.717, 1.165) is 6.42 Å². The van der Waals surface area contributed by atoms with Gasteiger partial charge in [-0.3, -0.25) is 19.1 Å². The van der Waals surface area contributed by atoms with Crippen molar-refractivity contribution in [2.75, 3.05) is 20.8 Å². The lowest BCUT2D eigenvalue weighted by molar-refractivity contribution is -0.142. The molecule has 282 valence electrons. The van der Waals surface area contributed by atoms with E-state index < -0.39 is 74.1 Å². The molecule has 15 nitrogen and oxygen atoms in total. The van der Waals surface area contributed by atoms with Crippen molar-refractivity contribution in [3.8, 4) is 17.4 Å². The molecule has 6 rings (SSSR count). The molecule has 2 saturated carbocycles. The highest BCUT2D eigenvalue weighted by Crippen LogP contribution is 2.47. The quantitative estimate of drug-likeness (QED) is 0.290. The van der Waals surface area contributed by atoms with Gasteiger partial charge in [0.15, 0.2) is 0 Å². The Labute approximate surface area is 302 Å². The summed E-state index contributed by atoms with van der Waals surface area (Å²) >= 11 is 0. The Kier molecular flexibility index (Phi) is 10.1. The Morgan fingerprint density at radius 1 is 1.10 bits per heavy atom. The first kappa shape index (κ1) is 37.2. The predicted octanol–water partition coefficient (Wildman–Crippen LogP) is 3.12. The summed E-state index contributed by atoms with van der Waals surface area (Å²) in [6, 6.07) is 4.51. The van der Waals surface area contributed by atoms with Crippen LogP contribution in [-0.4, -0.2) is 96.5 Å². The van der Waals surface area contributed by atoms with Crippen LogP contribution in [0.1, 0.15) is 65.7 Å². The van der Waals surface area contributed by atoms with Gasteiger partial charge in [-0.1, -0.05) is 26.0 Å². The molecule has 4 aliphatic rings. The molecule has 2 aliphatic heterocycles. The third kappa shape index (κ3) is 7.34. The van der Waals surface area contributed by atoms with Crippen LogP contribution in [0.4, 0.5) is 4.79 Å². The van der Waals surface area contributed by atoms with Gasteiger partial charge >= 0.3 is 6.09 Å². The number of hydrogen-bond acceptors (Lipinski definition) is 10. The second-order valence-corrected chi connectivity index (χ2v) is 17.1. The molecule has 1 saturated heterocycles. The number of rotatable bonds is 8. The van der Waals surface area contributed by atoms with E-state index in [0.29, 0.717) is 48.1 Å². The highest BCUT2D eigenvalue weighted by Gasteiger charge is 2.63. The van der Waals surface area contributed by atoms with Gasteiger partial charge in [-0.2, -0.15) is 0 Å². The largest absolute Gasteiger partial charge is 0.497 e. The average molecular weight is 742 g/mol. The molecule has 0 radical (unpaired) electrons. The minimum atomic E-state index is -4.01. The van der Waals surface area contributed by atoms with Crippen LogP contribution in [0, 0.1) is 17.8 Å². The summed E-state index contributed by atoms with van der Waals surface area (Å²) in [5.74, 6) is -1.65.